The molecular formula is C20H26IN7O. The quantitative estimate of drug-likeness (QED) is 0.363. The maximum absolute atomic E-state index is 9.98. The minimum Gasteiger partial charge on any atom is -0.507 e. The number of aromatic nitrogens is 3. The second kappa shape index (κ2) is 9.55. The number of benzene rings is 1. The van der Waals surface area contributed by atoms with Gasteiger partial charge in [-0.05, 0) is 79.3 Å². The molecule has 2 aliphatic heterocycles. The average Bonchev–Trinajstić information content (AvgIpc) is 2.77. The van der Waals surface area contributed by atoms with Gasteiger partial charge in [-0.15, -0.1) is 0 Å². The number of hydrazone groups is 1. The maximum Gasteiger partial charge on any atom is 0.250 e. The molecule has 2 N–H and O–H groups in total. The highest BCUT2D eigenvalue weighted by molar-refractivity contribution is 14.1. The van der Waals surface area contributed by atoms with Gasteiger partial charge in [0.05, 0.1) is 6.21 Å². The molecule has 2 aliphatic rings. The van der Waals surface area contributed by atoms with E-state index in [9.17, 15) is 5.11 Å². The Balaban J connectivity index is 1.57. The number of phenols is 1. The van der Waals surface area contributed by atoms with Gasteiger partial charge in [0.2, 0.25) is 17.8 Å². The molecule has 29 heavy (non-hydrogen) atoms. The summed E-state index contributed by atoms with van der Waals surface area (Å²) in [5.41, 5.74) is 3.58. The number of hydrogen-bond donors (Lipinski definition) is 2. The van der Waals surface area contributed by atoms with Gasteiger partial charge in [0.25, 0.3) is 0 Å². The highest BCUT2D eigenvalue weighted by Gasteiger charge is 2.20. The van der Waals surface area contributed by atoms with Crippen LogP contribution in [0.15, 0.2) is 23.3 Å². The van der Waals surface area contributed by atoms with E-state index in [1.165, 1.54) is 12.8 Å². The molecule has 1 aromatic carbocycles. The van der Waals surface area contributed by atoms with Crippen LogP contribution in [-0.2, 0) is 0 Å². The molecule has 8 nitrogen and oxygen atoms in total. The van der Waals surface area contributed by atoms with E-state index >= 15 is 0 Å². The van der Waals surface area contributed by atoms with E-state index in [0.717, 1.165) is 67.3 Å². The molecule has 0 aliphatic carbocycles. The smallest absolute Gasteiger partial charge is 0.250 e. The standard InChI is InChI=1S/C20H26IN7O/c21-16-7-8-17(29)15(13-16)14-22-26-18-23-19(27-9-3-1-4-10-27)25-20(24-18)28-11-5-2-6-12-28/h7-8,13-14,29H,1-6,9-12H2,(H,23,24,25,26)/b22-14+. The molecule has 0 bridgehead atoms. The molecule has 0 saturated carbocycles. The van der Waals surface area contributed by atoms with Crippen molar-refractivity contribution in [3.05, 3.63) is 27.3 Å². The third-order valence-corrected chi connectivity index (χ3v) is 5.92. The summed E-state index contributed by atoms with van der Waals surface area (Å²) in [6.07, 6.45) is 8.76. The number of hydrogen-bond acceptors (Lipinski definition) is 8. The highest BCUT2D eigenvalue weighted by Crippen LogP contribution is 2.23. The monoisotopic (exact) mass is 507 g/mol. The topological polar surface area (TPSA) is 89.8 Å². The van der Waals surface area contributed by atoms with Gasteiger partial charge in [0.15, 0.2) is 0 Å². The summed E-state index contributed by atoms with van der Waals surface area (Å²) in [4.78, 5) is 18.5. The molecule has 0 unspecified atom stereocenters. The normalized spacial score (nSPS) is 17.7. The summed E-state index contributed by atoms with van der Waals surface area (Å²) < 4.78 is 1.03. The van der Waals surface area contributed by atoms with Crippen molar-refractivity contribution in [2.45, 2.75) is 38.5 Å². The number of aromatic hydroxyl groups is 1. The molecule has 0 radical (unpaired) electrons. The van der Waals surface area contributed by atoms with Crippen molar-refractivity contribution in [3.8, 4) is 5.75 Å². The summed E-state index contributed by atoms with van der Waals surface area (Å²) in [7, 11) is 0. The molecule has 2 fully saturated rings. The molecule has 0 atom stereocenters. The minimum atomic E-state index is 0.189. The molecule has 9 heteroatoms. The van der Waals surface area contributed by atoms with Crippen molar-refractivity contribution < 1.29 is 5.11 Å². The Kier molecular flexibility index (Phi) is 6.63. The van der Waals surface area contributed by atoms with Crippen molar-refractivity contribution in [1.82, 2.24) is 15.0 Å². The third-order valence-electron chi connectivity index (χ3n) is 5.25. The lowest BCUT2D eigenvalue weighted by atomic mass is 10.1. The van der Waals surface area contributed by atoms with Crippen LogP contribution in [0.2, 0.25) is 0 Å². The fourth-order valence-corrected chi connectivity index (χ4v) is 4.18. The van der Waals surface area contributed by atoms with Crippen LogP contribution in [-0.4, -0.2) is 52.5 Å². The van der Waals surface area contributed by atoms with Crippen LogP contribution in [0.5, 0.6) is 5.75 Å². The first-order chi connectivity index (χ1) is 14.2. The largest absolute Gasteiger partial charge is 0.507 e. The van der Waals surface area contributed by atoms with E-state index < -0.39 is 0 Å². The number of halogens is 1. The van der Waals surface area contributed by atoms with E-state index in [1.807, 2.05) is 12.1 Å². The minimum absolute atomic E-state index is 0.189. The Morgan fingerprint density at radius 3 is 2.07 bits per heavy atom. The van der Waals surface area contributed by atoms with E-state index in [4.69, 9.17) is 4.98 Å². The molecule has 3 heterocycles. The molecule has 154 valence electrons. The maximum atomic E-state index is 9.98. The van der Waals surface area contributed by atoms with Crippen LogP contribution in [0.25, 0.3) is 0 Å². The van der Waals surface area contributed by atoms with Gasteiger partial charge in [0.1, 0.15) is 5.75 Å². The summed E-state index contributed by atoms with van der Waals surface area (Å²) in [5.74, 6) is 2.06. The van der Waals surface area contributed by atoms with Crippen molar-refractivity contribution >= 4 is 46.7 Å². The predicted molar refractivity (Wildman–Crippen MR) is 124 cm³/mol. The van der Waals surface area contributed by atoms with Crippen molar-refractivity contribution in [2.24, 2.45) is 5.10 Å². The summed E-state index contributed by atoms with van der Waals surface area (Å²) >= 11 is 2.21. The van der Waals surface area contributed by atoms with Crippen LogP contribution in [0.1, 0.15) is 44.1 Å². The summed E-state index contributed by atoms with van der Waals surface area (Å²) in [5, 5.41) is 14.2. The summed E-state index contributed by atoms with van der Waals surface area (Å²) in [6, 6.07) is 5.38. The van der Waals surface area contributed by atoms with E-state index in [-0.39, 0.29) is 5.75 Å². The number of anilines is 3. The molecule has 1 aromatic heterocycles. The zero-order valence-corrected chi connectivity index (χ0v) is 18.5. The SMILES string of the molecule is Oc1ccc(I)cc1/C=N/Nc1nc(N2CCCCC2)nc(N2CCCCC2)n1. The van der Waals surface area contributed by atoms with Crippen molar-refractivity contribution in [3.63, 3.8) is 0 Å². The summed E-state index contributed by atoms with van der Waals surface area (Å²) in [6.45, 7) is 3.90. The lowest BCUT2D eigenvalue weighted by Gasteiger charge is -2.30. The Hall–Kier alpha value is -2.17. The van der Waals surface area contributed by atoms with Gasteiger partial charge in [-0.25, -0.2) is 5.43 Å². The first-order valence-electron chi connectivity index (χ1n) is 10.2. The van der Waals surface area contributed by atoms with Crippen molar-refractivity contribution in [1.29, 1.82) is 0 Å². The fraction of sp³-hybridized carbons (Fsp3) is 0.500. The van der Waals surface area contributed by atoms with Crippen LogP contribution >= 0.6 is 22.6 Å². The Morgan fingerprint density at radius 2 is 1.48 bits per heavy atom. The zero-order chi connectivity index (χ0) is 20.1. The van der Waals surface area contributed by atoms with E-state index in [1.54, 1.807) is 12.3 Å². The molecule has 0 amide bonds. The number of nitrogens with one attached hydrogen (secondary N) is 1. The first kappa shape index (κ1) is 20.1. The van der Waals surface area contributed by atoms with E-state index in [2.05, 4.69) is 52.9 Å². The van der Waals surface area contributed by atoms with Crippen molar-refractivity contribution in [2.75, 3.05) is 41.4 Å². The second-order valence-electron chi connectivity index (χ2n) is 7.43. The van der Waals surface area contributed by atoms with Crippen LogP contribution in [0, 0.1) is 3.57 Å². The third kappa shape index (κ3) is 5.26. The molecular weight excluding hydrogens is 481 g/mol. The molecule has 0 spiro atoms. The number of rotatable bonds is 5. The Morgan fingerprint density at radius 1 is 0.897 bits per heavy atom. The number of phenolic OH excluding ortho intramolecular Hbond substituents is 1. The van der Waals surface area contributed by atoms with Gasteiger partial charge in [-0.2, -0.15) is 20.1 Å². The van der Waals surface area contributed by atoms with Gasteiger partial charge < -0.3 is 14.9 Å². The second-order valence-corrected chi connectivity index (χ2v) is 8.67. The lowest BCUT2D eigenvalue weighted by molar-refractivity contribution is 0.474. The number of nitrogens with zero attached hydrogens (tertiary/aromatic N) is 6. The van der Waals surface area contributed by atoms with Crippen LogP contribution in [0.4, 0.5) is 17.8 Å². The molecule has 2 aromatic rings. The van der Waals surface area contributed by atoms with Crippen LogP contribution < -0.4 is 15.2 Å². The number of piperidine rings is 2. The lowest BCUT2D eigenvalue weighted by Crippen LogP contribution is -2.34. The highest BCUT2D eigenvalue weighted by atomic mass is 127. The first-order valence-corrected chi connectivity index (χ1v) is 11.3. The van der Waals surface area contributed by atoms with Gasteiger partial charge >= 0.3 is 0 Å². The molecule has 2 saturated heterocycles. The Bertz CT molecular complexity index is 828. The van der Waals surface area contributed by atoms with Gasteiger partial charge in [-0.1, -0.05) is 0 Å². The zero-order valence-electron chi connectivity index (χ0n) is 16.4. The van der Waals surface area contributed by atoms with Crippen LogP contribution in [0.3, 0.4) is 0 Å². The van der Waals surface area contributed by atoms with Gasteiger partial charge in [-0.3, -0.25) is 0 Å². The van der Waals surface area contributed by atoms with Gasteiger partial charge in [0, 0.05) is 35.3 Å². The molecule has 4 rings (SSSR count). The Labute approximate surface area is 184 Å². The average molecular weight is 507 g/mol. The predicted octanol–water partition coefficient (Wildman–Crippen LogP) is 3.61. The van der Waals surface area contributed by atoms with E-state index in [0.29, 0.717) is 11.5 Å². The fourth-order valence-electron chi connectivity index (χ4n) is 3.66.